The molecular formula is C22H22N2O6S. The van der Waals surface area contributed by atoms with Crippen LogP contribution in [0.1, 0.15) is 17.2 Å². The molecule has 0 bridgehead atoms. The molecule has 0 unspecified atom stereocenters. The van der Waals surface area contributed by atoms with Crippen molar-refractivity contribution >= 4 is 18.3 Å². The SMILES string of the molecule is N#CC1=C(S)N([C@H]2O[C@@H](CO)[C@@H](O)[C@@H](O)[C@H]2O)C(c2ccccc2)=C[C@@H]1c1ccco1. The maximum Gasteiger partial charge on any atom is 0.164 e. The van der Waals surface area contributed by atoms with E-state index in [1.54, 1.807) is 18.2 Å². The number of nitrogens with zero attached hydrogens (tertiary/aromatic N) is 2. The third kappa shape index (κ3) is 3.78. The van der Waals surface area contributed by atoms with Crippen LogP contribution < -0.4 is 0 Å². The number of thiol groups is 1. The number of aliphatic hydroxyl groups is 4. The fourth-order valence-electron chi connectivity index (χ4n) is 3.91. The predicted octanol–water partition coefficient (Wildman–Crippen LogP) is 1.18. The van der Waals surface area contributed by atoms with E-state index in [2.05, 4.69) is 18.7 Å². The van der Waals surface area contributed by atoms with Crippen molar-refractivity contribution in [2.24, 2.45) is 0 Å². The molecule has 4 N–H and O–H groups in total. The summed E-state index contributed by atoms with van der Waals surface area (Å²) in [6, 6.07) is 14.9. The lowest BCUT2D eigenvalue weighted by atomic mass is 9.90. The molecule has 1 fully saturated rings. The quantitative estimate of drug-likeness (QED) is 0.447. The second-order valence-electron chi connectivity index (χ2n) is 7.35. The Bertz CT molecular complexity index is 1010. The molecular weight excluding hydrogens is 420 g/mol. The molecule has 6 atom stereocenters. The summed E-state index contributed by atoms with van der Waals surface area (Å²) in [6.07, 6.45) is -3.60. The number of hydrogen-bond acceptors (Lipinski definition) is 9. The van der Waals surface area contributed by atoms with Crippen molar-refractivity contribution in [3.05, 3.63) is 76.7 Å². The molecule has 0 saturated carbocycles. The molecule has 2 aliphatic rings. The second kappa shape index (κ2) is 8.88. The Morgan fingerprint density at radius 3 is 2.39 bits per heavy atom. The van der Waals surface area contributed by atoms with Crippen molar-refractivity contribution in [1.82, 2.24) is 4.90 Å². The molecule has 2 aliphatic heterocycles. The number of hydrogen-bond donors (Lipinski definition) is 5. The zero-order valence-corrected chi connectivity index (χ0v) is 17.2. The van der Waals surface area contributed by atoms with Gasteiger partial charge in [-0.05, 0) is 23.8 Å². The average Bonchev–Trinajstić information content (AvgIpc) is 3.33. The van der Waals surface area contributed by atoms with Gasteiger partial charge in [-0.1, -0.05) is 30.3 Å². The number of benzene rings is 1. The molecule has 1 saturated heterocycles. The molecule has 31 heavy (non-hydrogen) atoms. The van der Waals surface area contributed by atoms with E-state index in [0.29, 0.717) is 11.5 Å². The van der Waals surface area contributed by atoms with Gasteiger partial charge in [-0.2, -0.15) is 5.26 Å². The minimum Gasteiger partial charge on any atom is -0.468 e. The summed E-state index contributed by atoms with van der Waals surface area (Å²) in [4.78, 5) is 1.50. The van der Waals surface area contributed by atoms with E-state index < -0.39 is 43.2 Å². The maximum atomic E-state index is 10.7. The van der Waals surface area contributed by atoms with Crippen LogP contribution in [0, 0.1) is 11.3 Å². The third-order valence-corrected chi connectivity index (χ3v) is 5.98. The number of aliphatic hydroxyl groups excluding tert-OH is 4. The minimum absolute atomic E-state index is 0.203. The Morgan fingerprint density at radius 2 is 1.77 bits per heavy atom. The molecule has 0 spiro atoms. The second-order valence-corrected chi connectivity index (χ2v) is 7.77. The van der Waals surface area contributed by atoms with Gasteiger partial charge in [-0.15, -0.1) is 12.6 Å². The minimum atomic E-state index is -1.57. The van der Waals surface area contributed by atoms with Gasteiger partial charge in [0.05, 0.1) is 35.5 Å². The maximum absolute atomic E-state index is 10.7. The summed E-state index contributed by atoms with van der Waals surface area (Å²) in [5, 5.41) is 50.9. The highest BCUT2D eigenvalue weighted by Gasteiger charge is 2.48. The summed E-state index contributed by atoms with van der Waals surface area (Å²) in [5.41, 5.74) is 1.57. The first-order chi connectivity index (χ1) is 15.0. The lowest BCUT2D eigenvalue weighted by Gasteiger charge is -2.47. The van der Waals surface area contributed by atoms with E-state index in [1.165, 1.54) is 11.2 Å². The van der Waals surface area contributed by atoms with E-state index in [-0.39, 0.29) is 10.6 Å². The van der Waals surface area contributed by atoms with Gasteiger partial charge in [0, 0.05) is 5.70 Å². The van der Waals surface area contributed by atoms with E-state index in [1.807, 2.05) is 30.3 Å². The van der Waals surface area contributed by atoms with Gasteiger partial charge in [0.25, 0.3) is 0 Å². The van der Waals surface area contributed by atoms with E-state index in [9.17, 15) is 25.7 Å². The topological polar surface area (TPSA) is 130 Å². The van der Waals surface area contributed by atoms with Crippen molar-refractivity contribution in [3.63, 3.8) is 0 Å². The zero-order valence-electron chi connectivity index (χ0n) is 16.3. The number of allylic oxidation sites excluding steroid dienone is 2. The van der Waals surface area contributed by atoms with Gasteiger partial charge in [0.1, 0.15) is 30.2 Å². The van der Waals surface area contributed by atoms with E-state index in [0.717, 1.165) is 5.56 Å². The molecule has 0 amide bonds. The van der Waals surface area contributed by atoms with Crippen LogP contribution in [0.3, 0.4) is 0 Å². The van der Waals surface area contributed by atoms with Crippen molar-refractivity contribution in [1.29, 1.82) is 5.26 Å². The molecule has 1 aromatic carbocycles. The molecule has 162 valence electrons. The number of ether oxygens (including phenoxy) is 1. The number of rotatable bonds is 4. The third-order valence-electron chi connectivity index (χ3n) is 5.53. The normalized spacial score (nSPS) is 31.4. The van der Waals surface area contributed by atoms with Crippen LogP contribution in [-0.4, -0.2) is 62.6 Å². The molecule has 0 radical (unpaired) electrons. The first-order valence-electron chi connectivity index (χ1n) is 9.71. The first kappa shape index (κ1) is 21.6. The summed E-state index contributed by atoms with van der Waals surface area (Å²) in [6.45, 7) is -0.564. The van der Waals surface area contributed by atoms with Gasteiger partial charge in [-0.25, -0.2) is 0 Å². The highest BCUT2D eigenvalue weighted by atomic mass is 32.1. The molecule has 4 rings (SSSR count). The fraction of sp³-hybridized carbons (Fsp3) is 0.318. The molecule has 3 heterocycles. The van der Waals surface area contributed by atoms with Crippen molar-refractivity contribution in [2.75, 3.05) is 6.61 Å². The lowest BCUT2D eigenvalue weighted by molar-refractivity contribution is -0.252. The molecule has 2 aromatic rings. The van der Waals surface area contributed by atoms with E-state index >= 15 is 0 Å². The highest BCUT2D eigenvalue weighted by Crippen LogP contribution is 2.44. The standard InChI is InChI=1S/C22H22N2O6S/c23-10-14-13(16-7-4-8-29-16)9-15(12-5-2-1-3-6-12)24(22(14)31)21-20(28)19(27)18(26)17(11-25)30-21/h1-9,13,17-21,25-28,31H,11H2/t13-,17-,18+,19+,20+,21-/m0/s1. The molecule has 8 nitrogen and oxygen atoms in total. The number of furan rings is 1. The number of nitriles is 1. The molecule has 9 heteroatoms. The monoisotopic (exact) mass is 442 g/mol. The van der Waals surface area contributed by atoms with E-state index in [4.69, 9.17) is 9.15 Å². The average molecular weight is 442 g/mol. The highest BCUT2D eigenvalue weighted by molar-refractivity contribution is 7.84. The molecule has 1 aromatic heterocycles. The summed E-state index contributed by atoms with van der Waals surface area (Å²) in [7, 11) is 0. The van der Waals surface area contributed by atoms with Crippen molar-refractivity contribution in [2.45, 2.75) is 36.6 Å². The van der Waals surface area contributed by atoms with Crippen LogP contribution in [0.15, 0.2) is 69.8 Å². The van der Waals surface area contributed by atoms with Crippen molar-refractivity contribution < 1.29 is 29.6 Å². The summed E-state index contributed by atoms with van der Waals surface area (Å²) in [5.74, 6) is 0.0221. The van der Waals surface area contributed by atoms with Crippen LogP contribution in [0.4, 0.5) is 0 Å². The Balaban J connectivity index is 1.86. The van der Waals surface area contributed by atoms with Crippen LogP contribution >= 0.6 is 12.6 Å². The first-order valence-corrected chi connectivity index (χ1v) is 10.2. The Morgan fingerprint density at radius 1 is 1.03 bits per heavy atom. The van der Waals surface area contributed by atoms with Gasteiger partial charge >= 0.3 is 0 Å². The fourth-order valence-corrected chi connectivity index (χ4v) is 4.32. The van der Waals surface area contributed by atoms with Crippen molar-refractivity contribution in [3.8, 4) is 6.07 Å². The Hall–Kier alpha value is -2.58. The van der Waals surface area contributed by atoms with Crippen LogP contribution in [0.25, 0.3) is 5.70 Å². The van der Waals surface area contributed by atoms with Gasteiger partial charge < -0.3 is 34.5 Å². The van der Waals surface area contributed by atoms with Gasteiger partial charge in [0.2, 0.25) is 0 Å². The Kier molecular flexibility index (Phi) is 6.20. The lowest BCUT2D eigenvalue weighted by Crippen LogP contribution is -2.62. The van der Waals surface area contributed by atoms with Gasteiger partial charge in [-0.3, -0.25) is 0 Å². The van der Waals surface area contributed by atoms with Crippen LogP contribution in [0.2, 0.25) is 0 Å². The summed E-state index contributed by atoms with van der Waals surface area (Å²) < 4.78 is 11.3. The van der Waals surface area contributed by atoms with Gasteiger partial charge in [0.15, 0.2) is 6.23 Å². The Labute approximate surface area is 184 Å². The smallest absolute Gasteiger partial charge is 0.164 e. The summed E-state index contributed by atoms with van der Waals surface area (Å²) >= 11 is 4.60. The largest absolute Gasteiger partial charge is 0.468 e. The molecule has 0 aliphatic carbocycles. The zero-order chi connectivity index (χ0) is 22.1. The van der Waals surface area contributed by atoms with Crippen LogP contribution in [-0.2, 0) is 4.74 Å². The predicted molar refractivity (Wildman–Crippen MR) is 113 cm³/mol. The van der Waals surface area contributed by atoms with Crippen LogP contribution in [0.5, 0.6) is 0 Å².